The van der Waals surface area contributed by atoms with Crippen molar-refractivity contribution in [2.24, 2.45) is 0 Å². The molecule has 0 aliphatic heterocycles. The number of amides is 1. The highest BCUT2D eigenvalue weighted by atomic mass is 16.5. The molecule has 1 aromatic rings. The molecule has 0 spiro atoms. The number of anilines is 2. The number of aromatic nitrogens is 2. The molecule has 0 saturated carbocycles. The summed E-state index contributed by atoms with van der Waals surface area (Å²) in [6, 6.07) is 0. The maximum absolute atomic E-state index is 11.5. The predicted octanol–water partition coefficient (Wildman–Crippen LogP) is 0.781. The number of carbonyl (C=O) groups is 1. The van der Waals surface area contributed by atoms with Crippen molar-refractivity contribution in [3.05, 3.63) is 11.8 Å². The van der Waals surface area contributed by atoms with Crippen molar-refractivity contribution in [2.75, 3.05) is 44.0 Å². The summed E-state index contributed by atoms with van der Waals surface area (Å²) in [5.74, 6) is 1.33. The first-order valence-electron chi connectivity index (χ1n) is 6.74. The minimum Gasteiger partial charge on any atom is -0.383 e. The van der Waals surface area contributed by atoms with Crippen molar-refractivity contribution in [3.63, 3.8) is 0 Å². The molecule has 1 heterocycles. The molecule has 0 radical (unpaired) electrons. The average Bonchev–Trinajstić information content (AvgIpc) is 2.43. The number of ether oxygens (including phenoxy) is 1. The monoisotopic (exact) mass is 281 g/mol. The summed E-state index contributed by atoms with van der Waals surface area (Å²) in [5.41, 5.74) is 0.950. The minimum absolute atomic E-state index is 0.00633. The van der Waals surface area contributed by atoms with Gasteiger partial charge in [-0.05, 0) is 13.8 Å². The van der Waals surface area contributed by atoms with Gasteiger partial charge in [-0.1, -0.05) is 0 Å². The highest BCUT2D eigenvalue weighted by Gasteiger charge is 2.04. The smallest absolute Gasteiger partial charge is 0.224 e. The molecule has 3 N–H and O–H groups in total. The van der Waals surface area contributed by atoms with Crippen molar-refractivity contribution in [2.45, 2.75) is 20.3 Å². The second-order valence-electron chi connectivity index (χ2n) is 4.28. The molecule has 0 unspecified atom stereocenters. The second-order valence-corrected chi connectivity index (χ2v) is 4.28. The number of carbonyl (C=O) groups excluding carboxylic acids is 1. The maximum atomic E-state index is 11.5. The van der Waals surface area contributed by atoms with E-state index in [1.165, 1.54) is 0 Å². The van der Waals surface area contributed by atoms with Crippen molar-refractivity contribution in [3.8, 4) is 0 Å². The van der Waals surface area contributed by atoms with E-state index < -0.39 is 0 Å². The minimum atomic E-state index is -0.00633. The van der Waals surface area contributed by atoms with Crippen LogP contribution in [-0.2, 0) is 9.53 Å². The Morgan fingerprint density at radius 2 is 2.15 bits per heavy atom. The summed E-state index contributed by atoms with van der Waals surface area (Å²) in [6.45, 7) is 6.27. The predicted molar refractivity (Wildman–Crippen MR) is 78.9 cm³/mol. The Labute approximate surface area is 119 Å². The normalized spacial score (nSPS) is 10.2. The molecular formula is C13H23N5O2. The quantitative estimate of drug-likeness (QED) is 0.580. The summed E-state index contributed by atoms with van der Waals surface area (Å²) in [5, 5.41) is 8.97. The van der Waals surface area contributed by atoms with E-state index in [9.17, 15) is 4.79 Å². The van der Waals surface area contributed by atoms with E-state index in [1.54, 1.807) is 13.3 Å². The third-order valence-electron chi connectivity index (χ3n) is 2.58. The summed E-state index contributed by atoms with van der Waals surface area (Å²) in [4.78, 5) is 20.0. The Hall–Kier alpha value is -1.89. The van der Waals surface area contributed by atoms with Gasteiger partial charge in [0.05, 0.1) is 6.61 Å². The molecule has 112 valence electrons. The van der Waals surface area contributed by atoms with Crippen LogP contribution in [0.1, 0.15) is 18.9 Å². The summed E-state index contributed by atoms with van der Waals surface area (Å²) >= 11 is 0. The molecule has 0 aliphatic rings. The Balaban J connectivity index is 2.37. The third-order valence-corrected chi connectivity index (χ3v) is 2.58. The van der Waals surface area contributed by atoms with Gasteiger partial charge in [0.25, 0.3) is 0 Å². The molecule has 0 bridgehead atoms. The molecule has 0 aromatic carbocycles. The number of rotatable bonds is 9. The van der Waals surface area contributed by atoms with Crippen molar-refractivity contribution < 1.29 is 9.53 Å². The highest BCUT2D eigenvalue weighted by molar-refractivity contribution is 5.76. The van der Waals surface area contributed by atoms with Gasteiger partial charge in [0.1, 0.15) is 5.82 Å². The van der Waals surface area contributed by atoms with Crippen LogP contribution < -0.4 is 16.0 Å². The van der Waals surface area contributed by atoms with Crippen LogP contribution in [0.4, 0.5) is 11.8 Å². The molecule has 0 atom stereocenters. The lowest BCUT2D eigenvalue weighted by molar-refractivity contribution is -0.121. The highest BCUT2D eigenvalue weighted by Crippen LogP contribution is 2.12. The largest absolute Gasteiger partial charge is 0.383 e. The Kier molecular flexibility index (Phi) is 7.34. The van der Waals surface area contributed by atoms with Gasteiger partial charge in [0.2, 0.25) is 11.9 Å². The van der Waals surface area contributed by atoms with Gasteiger partial charge in [-0.25, -0.2) is 4.98 Å². The lowest BCUT2D eigenvalue weighted by Gasteiger charge is -2.10. The molecule has 7 nitrogen and oxygen atoms in total. The summed E-state index contributed by atoms with van der Waals surface area (Å²) in [6.07, 6.45) is 2.15. The van der Waals surface area contributed by atoms with Crippen LogP contribution in [0.5, 0.6) is 0 Å². The van der Waals surface area contributed by atoms with Gasteiger partial charge in [0.15, 0.2) is 0 Å². The molecule has 1 aromatic heterocycles. The molecule has 7 heteroatoms. The maximum Gasteiger partial charge on any atom is 0.224 e. The lowest BCUT2D eigenvalue weighted by Crippen LogP contribution is -2.28. The van der Waals surface area contributed by atoms with Gasteiger partial charge in [-0.2, -0.15) is 4.98 Å². The van der Waals surface area contributed by atoms with Crippen molar-refractivity contribution in [1.29, 1.82) is 0 Å². The zero-order valence-corrected chi connectivity index (χ0v) is 12.3. The van der Waals surface area contributed by atoms with E-state index in [1.807, 2.05) is 13.8 Å². The first-order valence-corrected chi connectivity index (χ1v) is 6.74. The average molecular weight is 281 g/mol. The molecule has 0 saturated heterocycles. The Bertz CT molecular complexity index is 425. The van der Waals surface area contributed by atoms with Crippen LogP contribution in [0.15, 0.2) is 6.20 Å². The number of nitrogens with zero attached hydrogens (tertiary/aromatic N) is 2. The molecule has 1 amide bonds. The lowest BCUT2D eigenvalue weighted by atomic mass is 10.3. The number of nitrogens with one attached hydrogen (secondary N) is 3. The van der Waals surface area contributed by atoms with E-state index in [2.05, 4.69) is 25.9 Å². The molecule has 0 aliphatic carbocycles. The number of hydrogen-bond acceptors (Lipinski definition) is 6. The van der Waals surface area contributed by atoms with Crippen molar-refractivity contribution in [1.82, 2.24) is 15.3 Å². The molecule has 1 rings (SSSR count). The fraction of sp³-hybridized carbons (Fsp3) is 0.615. The van der Waals surface area contributed by atoms with Crippen LogP contribution in [0.2, 0.25) is 0 Å². The van der Waals surface area contributed by atoms with E-state index in [0.717, 1.165) is 17.9 Å². The summed E-state index contributed by atoms with van der Waals surface area (Å²) < 4.78 is 4.86. The van der Waals surface area contributed by atoms with Crippen LogP contribution in [-0.4, -0.2) is 49.2 Å². The van der Waals surface area contributed by atoms with Gasteiger partial charge >= 0.3 is 0 Å². The van der Waals surface area contributed by atoms with Crippen LogP contribution >= 0.6 is 0 Å². The van der Waals surface area contributed by atoms with E-state index in [-0.39, 0.29) is 5.91 Å². The standard InChI is InChI=1S/C13H23N5O2/c1-4-14-13-17-9-10(2)12(18-13)16-6-5-11(19)15-7-8-20-3/h9H,4-8H2,1-3H3,(H,15,19)(H2,14,16,17,18). The van der Waals surface area contributed by atoms with Crippen LogP contribution in [0, 0.1) is 6.92 Å². The first-order chi connectivity index (χ1) is 9.67. The molecule has 0 fully saturated rings. The molecule has 20 heavy (non-hydrogen) atoms. The van der Waals surface area contributed by atoms with Gasteiger partial charge in [0, 0.05) is 44.9 Å². The van der Waals surface area contributed by atoms with Gasteiger partial charge in [-0.3, -0.25) is 4.79 Å². The topological polar surface area (TPSA) is 88.2 Å². The second kappa shape index (κ2) is 9.08. The SMILES string of the molecule is CCNc1ncc(C)c(NCCC(=O)NCCOC)n1. The van der Waals surface area contributed by atoms with E-state index >= 15 is 0 Å². The number of aryl methyl sites for hydroxylation is 1. The molecular weight excluding hydrogens is 258 g/mol. The summed E-state index contributed by atoms with van der Waals surface area (Å²) in [7, 11) is 1.60. The van der Waals surface area contributed by atoms with Gasteiger partial charge < -0.3 is 20.7 Å². The van der Waals surface area contributed by atoms with Crippen molar-refractivity contribution >= 4 is 17.7 Å². The van der Waals surface area contributed by atoms with Crippen LogP contribution in [0.25, 0.3) is 0 Å². The third kappa shape index (κ3) is 5.83. The van der Waals surface area contributed by atoms with E-state index in [0.29, 0.717) is 32.1 Å². The number of hydrogen-bond donors (Lipinski definition) is 3. The van der Waals surface area contributed by atoms with Crippen LogP contribution in [0.3, 0.4) is 0 Å². The fourth-order valence-corrected chi connectivity index (χ4v) is 1.54. The van der Waals surface area contributed by atoms with Gasteiger partial charge in [-0.15, -0.1) is 0 Å². The zero-order valence-electron chi connectivity index (χ0n) is 12.3. The Morgan fingerprint density at radius 3 is 2.85 bits per heavy atom. The number of methoxy groups -OCH3 is 1. The zero-order chi connectivity index (χ0) is 14.8. The van der Waals surface area contributed by atoms with E-state index in [4.69, 9.17) is 4.74 Å². The Morgan fingerprint density at radius 1 is 1.35 bits per heavy atom. The first kappa shape index (κ1) is 16.2. The fourth-order valence-electron chi connectivity index (χ4n) is 1.54.